The van der Waals surface area contributed by atoms with Crippen LogP contribution in [0.1, 0.15) is 35.0 Å². The number of nitrogens with one attached hydrogen (secondary N) is 1. The summed E-state index contributed by atoms with van der Waals surface area (Å²) < 4.78 is 0. The summed E-state index contributed by atoms with van der Waals surface area (Å²) in [4.78, 5) is 25.7. The number of aromatic nitrogens is 5. The maximum Gasteiger partial charge on any atom is 0.153 e. The third kappa shape index (κ3) is 3.86. The van der Waals surface area contributed by atoms with E-state index >= 15 is 0 Å². The Bertz CT molecular complexity index is 852. The molecule has 1 aliphatic heterocycles. The third-order valence-electron chi connectivity index (χ3n) is 4.64. The van der Waals surface area contributed by atoms with Crippen LogP contribution in [0.3, 0.4) is 0 Å². The van der Waals surface area contributed by atoms with Crippen molar-refractivity contribution in [2.75, 3.05) is 18.4 Å². The van der Waals surface area contributed by atoms with Gasteiger partial charge in [0, 0.05) is 48.7 Å². The summed E-state index contributed by atoms with van der Waals surface area (Å²) in [5, 5.41) is 3.27. The molecular weight excluding hydrogens is 346 g/mol. The highest BCUT2D eigenvalue weighted by molar-refractivity contribution is 7.09. The molecule has 1 aliphatic rings. The maximum atomic E-state index is 4.64. The minimum absolute atomic E-state index is 0.352. The molecule has 4 heterocycles. The van der Waals surface area contributed by atoms with Crippen LogP contribution >= 0.6 is 11.3 Å². The predicted octanol–water partition coefficient (Wildman–Crippen LogP) is 3.15. The van der Waals surface area contributed by atoms with Crippen LogP contribution < -0.4 is 5.32 Å². The molecular formula is C18H21N7S. The SMILES string of the molecule is Cc1ncsc1CN1CCCC(c2nccnc2Nc2cnccn2)C1. The van der Waals surface area contributed by atoms with Gasteiger partial charge in [-0.3, -0.25) is 14.9 Å². The van der Waals surface area contributed by atoms with Gasteiger partial charge in [0.2, 0.25) is 0 Å². The molecule has 0 amide bonds. The van der Waals surface area contributed by atoms with E-state index in [4.69, 9.17) is 0 Å². The summed E-state index contributed by atoms with van der Waals surface area (Å²) in [5.74, 6) is 1.81. The van der Waals surface area contributed by atoms with Crippen molar-refractivity contribution >= 4 is 23.0 Å². The molecule has 7 nitrogen and oxygen atoms in total. The third-order valence-corrected chi connectivity index (χ3v) is 5.56. The molecule has 0 spiro atoms. The zero-order chi connectivity index (χ0) is 17.8. The first-order valence-corrected chi connectivity index (χ1v) is 9.63. The quantitative estimate of drug-likeness (QED) is 0.742. The summed E-state index contributed by atoms with van der Waals surface area (Å²) in [7, 11) is 0. The molecule has 0 saturated carbocycles. The number of rotatable bonds is 5. The molecule has 1 atom stereocenters. The Kier molecular flexibility index (Phi) is 5.12. The van der Waals surface area contributed by atoms with Crippen molar-refractivity contribution < 1.29 is 0 Å². The van der Waals surface area contributed by atoms with E-state index in [1.165, 1.54) is 4.88 Å². The Morgan fingerprint density at radius 3 is 2.85 bits per heavy atom. The van der Waals surface area contributed by atoms with Crippen LogP contribution in [0.4, 0.5) is 11.6 Å². The first-order valence-electron chi connectivity index (χ1n) is 8.75. The summed E-state index contributed by atoms with van der Waals surface area (Å²) in [6.07, 6.45) is 10.8. The number of thiazole rings is 1. The topological polar surface area (TPSA) is 79.7 Å². The van der Waals surface area contributed by atoms with Crippen LogP contribution in [0.25, 0.3) is 0 Å². The zero-order valence-corrected chi connectivity index (χ0v) is 15.5. The number of hydrogen-bond acceptors (Lipinski definition) is 8. The normalized spacial score (nSPS) is 18.0. The molecule has 4 rings (SSSR count). The van der Waals surface area contributed by atoms with Gasteiger partial charge in [-0.2, -0.15) is 0 Å². The minimum atomic E-state index is 0.352. The van der Waals surface area contributed by atoms with Gasteiger partial charge >= 0.3 is 0 Å². The van der Waals surface area contributed by atoms with Gasteiger partial charge in [0.15, 0.2) is 5.82 Å². The Morgan fingerprint density at radius 2 is 2.04 bits per heavy atom. The molecule has 26 heavy (non-hydrogen) atoms. The fourth-order valence-electron chi connectivity index (χ4n) is 3.33. The van der Waals surface area contributed by atoms with Gasteiger partial charge in [-0.15, -0.1) is 11.3 Å². The smallest absolute Gasteiger partial charge is 0.153 e. The fraction of sp³-hybridized carbons (Fsp3) is 0.389. The van der Waals surface area contributed by atoms with Gasteiger partial charge in [-0.1, -0.05) is 0 Å². The lowest BCUT2D eigenvalue weighted by Gasteiger charge is -2.32. The van der Waals surface area contributed by atoms with Crippen LogP contribution in [0, 0.1) is 6.92 Å². The van der Waals surface area contributed by atoms with Crippen LogP contribution in [-0.2, 0) is 6.54 Å². The number of aryl methyl sites for hydroxylation is 1. The van der Waals surface area contributed by atoms with E-state index in [2.05, 4.69) is 42.1 Å². The summed E-state index contributed by atoms with van der Waals surface area (Å²) >= 11 is 1.74. The van der Waals surface area contributed by atoms with E-state index in [9.17, 15) is 0 Å². The lowest BCUT2D eigenvalue weighted by Crippen LogP contribution is -2.34. The Morgan fingerprint density at radius 1 is 1.15 bits per heavy atom. The van der Waals surface area contributed by atoms with Crippen LogP contribution in [-0.4, -0.2) is 42.9 Å². The van der Waals surface area contributed by atoms with E-state index in [0.717, 1.165) is 49.7 Å². The average Bonchev–Trinajstić information content (AvgIpc) is 3.08. The highest BCUT2D eigenvalue weighted by Gasteiger charge is 2.25. The van der Waals surface area contributed by atoms with E-state index in [-0.39, 0.29) is 0 Å². The van der Waals surface area contributed by atoms with Gasteiger partial charge < -0.3 is 5.32 Å². The molecule has 1 fully saturated rings. The minimum Gasteiger partial charge on any atom is -0.322 e. The molecule has 3 aromatic rings. The fourth-order valence-corrected chi connectivity index (χ4v) is 4.15. The maximum absolute atomic E-state index is 4.64. The Balaban J connectivity index is 1.51. The number of nitrogens with zero attached hydrogens (tertiary/aromatic N) is 6. The van der Waals surface area contributed by atoms with Crippen LogP contribution in [0.5, 0.6) is 0 Å². The van der Waals surface area contributed by atoms with Crippen molar-refractivity contribution in [2.24, 2.45) is 0 Å². The van der Waals surface area contributed by atoms with Gasteiger partial charge in [0.25, 0.3) is 0 Å². The molecule has 3 aromatic heterocycles. The Hall–Kier alpha value is -2.45. The van der Waals surface area contributed by atoms with Crippen LogP contribution in [0.2, 0.25) is 0 Å². The molecule has 0 aromatic carbocycles. The van der Waals surface area contributed by atoms with Crippen LogP contribution in [0.15, 0.2) is 36.5 Å². The van der Waals surface area contributed by atoms with Crippen molar-refractivity contribution in [1.82, 2.24) is 29.8 Å². The lowest BCUT2D eigenvalue weighted by molar-refractivity contribution is 0.200. The second-order valence-electron chi connectivity index (χ2n) is 6.44. The molecule has 134 valence electrons. The number of hydrogen-bond donors (Lipinski definition) is 1. The van der Waals surface area contributed by atoms with Gasteiger partial charge in [-0.25, -0.2) is 15.0 Å². The predicted molar refractivity (Wildman–Crippen MR) is 101 cm³/mol. The molecule has 8 heteroatoms. The molecule has 0 radical (unpaired) electrons. The molecule has 0 aliphatic carbocycles. The van der Waals surface area contributed by atoms with Gasteiger partial charge in [0.1, 0.15) is 5.82 Å². The molecule has 1 saturated heterocycles. The first-order chi connectivity index (χ1) is 12.8. The summed E-state index contributed by atoms with van der Waals surface area (Å²) in [6, 6.07) is 0. The monoisotopic (exact) mass is 367 g/mol. The number of anilines is 2. The highest BCUT2D eigenvalue weighted by atomic mass is 32.1. The van der Waals surface area contributed by atoms with E-state index in [1.807, 2.05) is 5.51 Å². The molecule has 0 bridgehead atoms. The Labute approximate surface area is 156 Å². The largest absolute Gasteiger partial charge is 0.322 e. The second kappa shape index (κ2) is 7.84. The second-order valence-corrected chi connectivity index (χ2v) is 7.38. The van der Waals surface area contributed by atoms with Gasteiger partial charge in [-0.05, 0) is 26.3 Å². The van der Waals surface area contributed by atoms with Crippen molar-refractivity contribution in [1.29, 1.82) is 0 Å². The van der Waals surface area contributed by atoms with Crippen molar-refractivity contribution in [3.8, 4) is 0 Å². The standard InChI is InChI=1S/C18H21N7S/c1-13-15(26-12-23-13)11-25-8-2-3-14(10-25)17-18(22-7-6-21-17)24-16-9-19-4-5-20-16/h4-7,9,12,14H,2-3,8,10-11H2,1H3,(H,20,22,24). The molecule has 1 unspecified atom stereocenters. The van der Waals surface area contributed by atoms with Gasteiger partial charge in [0.05, 0.1) is 23.1 Å². The highest BCUT2D eigenvalue weighted by Crippen LogP contribution is 2.31. The van der Waals surface area contributed by atoms with Crippen molar-refractivity contribution in [2.45, 2.75) is 32.2 Å². The molecule has 1 N–H and O–H groups in total. The van der Waals surface area contributed by atoms with E-state index in [1.54, 1.807) is 42.3 Å². The zero-order valence-electron chi connectivity index (χ0n) is 14.7. The number of likely N-dealkylation sites (tertiary alicyclic amines) is 1. The summed E-state index contributed by atoms with van der Waals surface area (Å²) in [6.45, 7) is 5.13. The van der Waals surface area contributed by atoms with Crippen molar-refractivity contribution in [3.63, 3.8) is 0 Å². The summed E-state index contributed by atoms with van der Waals surface area (Å²) in [5.41, 5.74) is 4.07. The van der Waals surface area contributed by atoms with Crippen molar-refractivity contribution in [3.05, 3.63) is 52.8 Å². The lowest BCUT2D eigenvalue weighted by atomic mass is 9.94. The average molecular weight is 367 g/mol. The first kappa shape index (κ1) is 17.0. The number of piperidine rings is 1. The van der Waals surface area contributed by atoms with E-state index < -0.39 is 0 Å². The van der Waals surface area contributed by atoms with E-state index in [0.29, 0.717) is 11.7 Å².